The predicted octanol–water partition coefficient (Wildman–Crippen LogP) is 4.86. The maximum Gasteiger partial charge on any atom is 0.416 e. The number of oxime groups is 1. The molecule has 5 rings (SSSR count). The first-order valence-corrected chi connectivity index (χ1v) is 10.5. The summed E-state index contributed by atoms with van der Waals surface area (Å²) in [5.74, 6) is 0.892. The summed E-state index contributed by atoms with van der Waals surface area (Å²) in [5.41, 5.74) is 1.03. The number of amides is 1. The van der Waals surface area contributed by atoms with Crippen LogP contribution in [0.2, 0.25) is 0 Å². The van der Waals surface area contributed by atoms with Crippen molar-refractivity contribution < 1.29 is 36.7 Å². The van der Waals surface area contributed by atoms with E-state index in [4.69, 9.17) is 18.7 Å². The van der Waals surface area contributed by atoms with E-state index in [1.165, 1.54) is 23.3 Å². The third kappa shape index (κ3) is 4.57. The number of carbonyl (C=O) groups is 1. The summed E-state index contributed by atoms with van der Waals surface area (Å²) in [6.45, 7) is 0.208. The van der Waals surface area contributed by atoms with Gasteiger partial charge in [0, 0.05) is 18.5 Å². The van der Waals surface area contributed by atoms with Gasteiger partial charge in [0.25, 0.3) is 5.91 Å². The van der Waals surface area contributed by atoms with Crippen molar-refractivity contribution >= 4 is 11.6 Å². The molecule has 0 N–H and O–H groups in total. The summed E-state index contributed by atoms with van der Waals surface area (Å²) >= 11 is 0. The topological polar surface area (TPSA) is 73.5 Å². The summed E-state index contributed by atoms with van der Waals surface area (Å²) in [6.07, 6.45) is -3.19. The Labute approximate surface area is 192 Å². The molecule has 1 aromatic heterocycles. The van der Waals surface area contributed by atoms with Gasteiger partial charge in [0.2, 0.25) is 6.79 Å². The van der Waals surface area contributed by atoms with Gasteiger partial charge in [0.1, 0.15) is 0 Å². The molecule has 2 aromatic carbocycles. The van der Waals surface area contributed by atoms with Crippen LogP contribution in [-0.4, -0.2) is 36.0 Å². The van der Waals surface area contributed by atoms with Crippen LogP contribution in [0.3, 0.4) is 0 Å². The molecule has 34 heavy (non-hydrogen) atoms. The van der Waals surface area contributed by atoms with Crippen molar-refractivity contribution in [2.45, 2.75) is 25.2 Å². The third-order valence-corrected chi connectivity index (χ3v) is 5.51. The molecule has 3 aromatic rings. The fourth-order valence-corrected chi connectivity index (χ4v) is 3.86. The normalized spacial score (nSPS) is 16.8. The number of fused-ring (bicyclic) bond motifs is 1. The van der Waals surface area contributed by atoms with Gasteiger partial charge >= 0.3 is 6.18 Å². The fourth-order valence-electron chi connectivity index (χ4n) is 3.86. The Morgan fingerprint density at radius 1 is 1.06 bits per heavy atom. The van der Waals surface area contributed by atoms with Crippen LogP contribution in [0, 0.1) is 0 Å². The molecule has 3 heterocycles. The second-order valence-corrected chi connectivity index (χ2v) is 7.90. The Bertz CT molecular complexity index is 1220. The van der Waals surface area contributed by atoms with Gasteiger partial charge in [-0.25, -0.2) is 0 Å². The van der Waals surface area contributed by atoms with Gasteiger partial charge in [-0.15, -0.1) is 0 Å². The summed E-state index contributed by atoms with van der Waals surface area (Å²) in [6, 6.07) is 13.4. The van der Waals surface area contributed by atoms with Crippen LogP contribution in [0.25, 0.3) is 0 Å². The van der Waals surface area contributed by atoms with Crippen molar-refractivity contribution in [1.82, 2.24) is 4.90 Å². The third-order valence-electron chi connectivity index (χ3n) is 5.51. The van der Waals surface area contributed by atoms with Gasteiger partial charge in [-0.1, -0.05) is 17.3 Å². The van der Waals surface area contributed by atoms with Crippen LogP contribution in [0.15, 0.2) is 70.4 Å². The number of carbonyl (C=O) groups excluding carboxylic acids is 1. The monoisotopic (exact) mass is 472 g/mol. The van der Waals surface area contributed by atoms with E-state index in [1.807, 2.05) is 6.07 Å². The van der Waals surface area contributed by atoms with Gasteiger partial charge in [-0.3, -0.25) is 4.79 Å². The molecule has 0 saturated carbocycles. The van der Waals surface area contributed by atoms with Crippen molar-refractivity contribution in [3.05, 3.63) is 83.3 Å². The number of hydrogen-bond acceptors (Lipinski definition) is 6. The first-order valence-electron chi connectivity index (χ1n) is 10.5. The van der Waals surface area contributed by atoms with Crippen LogP contribution in [0.1, 0.15) is 33.7 Å². The highest BCUT2D eigenvalue weighted by molar-refractivity contribution is 6.02. The average molecular weight is 472 g/mol. The Balaban J connectivity index is 1.32. The number of nitrogens with zero attached hydrogens (tertiary/aromatic N) is 2. The summed E-state index contributed by atoms with van der Waals surface area (Å²) in [7, 11) is 0. The Hall–Kier alpha value is -3.95. The molecule has 2 aliphatic rings. The van der Waals surface area contributed by atoms with Crippen molar-refractivity contribution in [1.29, 1.82) is 0 Å². The average Bonchev–Trinajstić information content (AvgIpc) is 3.59. The van der Waals surface area contributed by atoms with E-state index in [9.17, 15) is 18.0 Å². The molecule has 0 spiro atoms. The number of alkyl halides is 3. The number of ether oxygens (including phenoxy) is 2. The van der Waals surface area contributed by atoms with E-state index >= 15 is 0 Å². The number of hydrogen-bond donors (Lipinski definition) is 0. The zero-order chi connectivity index (χ0) is 23.7. The number of furan rings is 1. The van der Waals surface area contributed by atoms with E-state index < -0.39 is 23.8 Å². The first kappa shape index (κ1) is 21.9. The predicted molar refractivity (Wildman–Crippen MR) is 113 cm³/mol. The molecule has 0 bridgehead atoms. The van der Waals surface area contributed by atoms with Crippen molar-refractivity contribution in [2.24, 2.45) is 5.16 Å². The quantitative estimate of drug-likeness (QED) is 0.512. The Kier molecular flexibility index (Phi) is 5.64. The standard InChI is InChI=1S/C24H19F3N2O5/c25-24(26,27)17-4-1-3-15(9-17)12-29(23(30)21-5-2-8-31-21)13-18-11-19(28-34-18)16-6-7-20-22(10-16)33-14-32-20/h1-10,18H,11-14H2. The van der Waals surface area contributed by atoms with Crippen molar-refractivity contribution in [2.75, 3.05) is 13.3 Å². The lowest BCUT2D eigenvalue weighted by Gasteiger charge is -2.24. The molecule has 1 unspecified atom stereocenters. The molecule has 176 valence electrons. The van der Waals surface area contributed by atoms with Crippen LogP contribution < -0.4 is 9.47 Å². The molecular formula is C24H19F3N2O5. The molecule has 1 atom stereocenters. The summed E-state index contributed by atoms with van der Waals surface area (Å²) in [4.78, 5) is 20.0. The highest BCUT2D eigenvalue weighted by atomic mass is 19.4. The summed E-state index contributed by atoms with van der Waals surface area (Å²) < 4.78 is 55.4. The van der Waals surface area contributed by atoms with Gasteiger partial charge in [-0.05, 0) is 48.0 Å². The van der Waals surface area contributed by atoms with E-state index in [0.717, 1.165) is 17.7 Å². The van der Waals surface area contributed by atoms with Gasteiger partial charge in [0.15, 0.2) is 23.4 Å². The molecule has 2 aliphatic heterocycles. The lowest BCUT2D eigenvalue weighted by Crippen LogP contribution is -2.37. The fraction of sp³-hybridized carbons (Fsp3) is 0.250. The minimum absolute atomic E-state index is 0.0529. The maximum absolute atomic E-state index is 13.2. The lowest BCUT2D eigenvalue weighted by atomic mass is 10.0. The zero-order valence-corrected chi connectivity index (χ0v) is 17.7. The molecule has 0 radical (unpaired) electrons. The van der Waals surface area contributed by atoms with Gasteiger partial charge in [0.05, 0.1) is 24.1 Å². The molecule has 1 amide bonds. The molecule has 7 nitrogen and oxygen atoms in total. The number of halogens is 3. The maximum atomic E-state index is 13.2. The molecular weight excluding hydrogens is 453 g/mol. The molecule has 0 aliphatic carbocycles. The van der Waals surface area contributed by atoms with Gasteiger partial charge < -0.3 is 23.6 Å². The van der Waals surface area contributed by atoms with Crippen LogP contribution in [0.5, 0.6) is 11.5 Å². The van der Waals surface area contributed by atoms with Crippen molar-refractivity contribution in [3.63, 3.8) is 0 Å². The minimum Gasteiger partial charge on any atom is -0.459 e. The van der Waals surface area contributed by atoms with Gasteiger partial charge in [-0.2, -0.15) is 13.2 Å². The smallest absolute Gasteiger partial charge is 0.416 e. The second kappa shape index (κ2) is 8.77. The van der Waals surface area contributed by atoms with E-state index in [2.05, 4.69) is 5.16 Å². The van der Waals surface area contributed by atoms with Crippen LogP contribution >= 0.6 is 0 Å². The van der Waals surface area contributed by atoms with E-state index in [0.29, 0.717) is 29.2 Å². The SMILES string of the molecule is O=C(c1ccco1)N(Cc1cccc(C(F)(F)F)c1)CC1CC(c2ccc3c(c2)OCO3)=NO1. The van der Waals surface area contributed by atoms with Crippen LogP contribution in [-0.2, 0) is 17.6 Å². The highest BCUT2D eigenvalue weighted by Crippen LogP contribution is 2.34. The van der Waals surface area contributed by atoms with Crippen molar-refractivity contribution in [3.8, 4) is 11.5 Å². The number of rotatable bonds is 6. The highest BCUT2D eigenvalue weighted by Gasteiger charge is 2.32. The lowest BCUT2D eigenvalue weighted by molar-refractivity contribution is -0.137. The van der Waals surface area contributed by atoms with E-state index in [-0.39, 0.29) is 25.6 Å². The van der Waals surface area contributed by atoms with E-state index in [1.54, 1.807) is 24.3 Å². The zero-order valence-electron chi connectivity index (χ0n) is 17.7. The largest absolute Gasteiger partial charge is 0.459 e. The second-order valence-electron chi connectivity index (χ2n) is 7.90. The minimum atomic E-state index is -4.48. The Morgan fingerprint density at radius 2 is 1.91 bits per heavy atom. The summed E-state index contributed by atoms with van der Waals surface area (Å²) in [5, 5.41) is 4.15. The molecule has 10 heteroatoms. The van der Waals surface area contributed by atoms with Crippen LogP contribution in [0.4, 0.5) is 13.2 Å². The molecule has 0 fully saturated rings. The Morgan fingerprint density at radius 3 is 2.71 bits per heavy atom. The number of benzene rings is 2. The first-order chi connectivity index (χ1) is 16.4. The molecule has 0 saturated heterocycles.